The third-order valence-corrected chi connectivity index (χ3v) is 4.45. The van der Waals surface area contributed by atoms with Gasteiger partial charge in [0.15, 0.2) is 6.29 Å². The second-order valence-corrected chi connectivity index (χ2v) is 6.59. The average Bonchev–Trinajstić information content (AvgIpc) is 3.03. The van der Waals surface area contributed by atoms with E-state index in [0.717, 1.165) is 28.7 Å². The predicted molar refractivity (Wildman–Crippen MR) is 90.0 cm³/mol. The van der Waals surface area contributed by atoms with E-state index in [9.17, 15) is 18.0 Å². The number of benzene rings is 1. The van der Waals surface area contributed by atoms with Gasteiger partial charge in [-0.2, -0.15) is 13.2 Å². The predicted octanol–water partition coefficient (Wildman–Crippen LogP) is 4.33. The minimum atomic E-state index is -4.42. The van der Waals surface area contributed by atoms with Crippen LogP contribution in [0.4, 0.5) is 18.9 Å². The number of hydrogen-bond donors (Lipinski definition) is 0. The number of hydrogen-bond acceptors (Lipinski definition) is 4. The van der Waals surface area contributed by atoms with E-state index in [1.54, 1.807) is 12.1 Å². The van der Waals surface area contributed by atoms with E-state index in [0.29, 0.717) is 25.1 Å². The van der Waals surface area contributed by atoms with E-state index in [2.05, 4.69) is 20.9 Å². The molecule has 0 amide bonds. The molecular formula is C17H14BrF3N2O2. The molecule has 8 heteroatoms. The Kier molecular flexibility index (Phi) is 4.99. The number of ether oxygens (including phenoxy) is 1. The van der Waals surface area contributed by atoms with Gasteiger partial charge in [-0.05, 0) is 24.3 Å². The van der Waals surface area contributed by atoms with Gasteiger partial charge in [0, 0.05) is 41.0 Å². The van der Waals surface area contributed by atoms with Crippen molar-refractivity contribution in [1.82, 2.24) is 4.98 Å². The Bertz CT molecular complexity index is 765. The summed E-state index contributed by atoms with van der Waals surface area (Å²) in [6.45, 7) is 1.21. The number of pyridine rings is 1. The van der Waals surface area contributed by atoms with Crippen LogP contribution in [0.5, 0.6) is 5.88 Å². The van der Waals surface area contributed by atoms with Crippen molar-refractivity contribution in [2.24, 2.45) is 0 Å². The second-order valence-electron chi connectivity index (χ2n) is 5.68. The zero-order valence-electron chi connectivity index (χ0n) is 13.0. The fraction of sp³-hybridized carbons (Fsp3) is 0.294. The van der Waals surface area contributed by atoms with Gasteiger partial charge in [0.25, 0.3) is 0 Å². The monoisotopic (exact) mass is 414 g/mol. The number of aldehydes is 1. The molecule has 2 heterocycles. The Morgan fingerprint density at radius 1 is 1.28 bits per heavy atom. The van der Waals surface area contributed by atoms with Crippen LogP contribution >= 0.6 is 15.9 Å². The van der Waals surface area contributed by atoms with Gasteiger partial charge < -0.3 is 9.64 Å². The van der Waals surface area contributed by atoms with E-state index in [-0.39, 0.29) is 12.0 Å². The summed E-state index contributed by atoms with van der Waals surface area (Å²) >= 11 is 3.39. The van der Waals surface area contributed by atoms with Crippen LogP contribution in [0.1, 0.15) is 22.3 Å². The van der Waals surface area contributed by atoms with E-state index < -0.39 is 11.7 Å². The molecule has 1 aliphatic rings. The van der Waals surface area contributed by atoms with E-state index in [4.69, 9.17) is 4.74 Å². The maximum absolute atomic E-state index is 12.5. The smallest absolute Gasteiger partial charge is 0.417 e. The zero-order valence-corrected chi connectivity index (χ0v) is 14.5. The van der Waals surface area contributed by atoms with Crippen molar-refractivity contribution in [2.45, 2.75) is 18.7 Å². The summed E-state index contributed by atoms with van der Waals surface area (Å²) in [4.78, 5) is 17.0. The standard InChI is InChI=1S/C17H14BrF3N2O2/c18-13-3-1-11(10-24)15(7-13)23-6-5-14(9-23)25-16-4-2-12(8-22-16)17(19,20)21/h1-4,7-8,10,14H,5-6,9H2/t14-/m0/s1. The van der Waals surface area contributed by atoms with Crippen LogP contribution in [-0.2, 0) is 6.18 Å². The molecule has 1 aliphatic heterocycles. The fourth-order valence-corrected chi connectivity index (χ4v) is 3.07. The van der Waals surface area contributed by atoms with Crippen LogP contribution in [0.2, 0.25) is 0 Å². The van der Waals surface area contributed by atoms with Gasteiger partial charge in [-0.15, -0.1) is 0 Å². The molecule has 0 aliphatic carbocycles. The van der Waals surface area contributed by atoms with Crippen LogP contribution in [-0.4, -0.2) is 30.5 Å². The number of nitrogens with zero attached hydrogens (tertiary/aromatic N) is 2. The van der Waals surface area contributed by atoms with Gasteiger partial charge >= 0.3 is 6.18 Å². The topological polar surface area (TPSA) is 42.4 Å². The van der Waals surface area contributed by atoms with Crippen molar-refractivity contribution < 1.29 is 22.7 Å². The number of carbonyl (C=O) groups is 1. The highest BCUT2D eigenvalue weighted by Crippen LogP contribution is 2.31. The number of anilines is 1. The maximum atomic E-state index is 12.5. The Labute approximate surface area is 150 Å². The summed E-state index contributed by atoms with van der Waals surface area (Å²) in [5.41, 5.74) is 0.574. The lowest BCUT2D eigenvalue weighted by Crippen LogP contribution is -2.25. The summed E-state index contributed by atoms with van der Waals surface area (Å²) < 4.78 is 44.2. The molecule has 4 nitrogen and oxygen atoms in total. The lowest BCUT2D eigenvalue weighted by atomic mass is 10.2. The summed E-state index contributed by atoms with van der Waals surface area (Å²) in [6.07, 6.45) is -2.37. The van der Waals surface area contributed by atoms with Crippen molar-refractivity contribution in [2.75, 3.05) is 18.0 Å². The first kappa shape index (κ1) is 17.7. The molecule has 0 spiro atoms. The summed E-state index contributed by atoms with van der Waals surface area (Å²) in [6, 6.07) is 7.57. The number of aromatic nitrogens is 1. The zero-order chi connectivity index (χ0) is 18.0. The van der Waals surface area contributed by atoms with Crippen molar-refractivity contribution in [3.63, 3.8) is 0 Å². The number of alkyl halides is 3. The molecule has 3 rings (SSSR count). The highest BCUT2D eigenvalue weighted by atomic mass is 79.9. The van der Waals surface area contributed by atoms with Crippen molar-refractivity contribution in [3.05, 3.63) is 52.1 Å². The lowest BCUT2D eigenvalue weighted by molar-refractivity contribution is -0.137. The molecule has 0 unspecified atom stereocenters. The number of halogens is 4. The quantitative estimate of drug-likeness (QED) is 0.698. The van der Waals surface area contributed by atoms with Crippen LogP contribution in [0.3, 0.4) is 0 Å². The SMILES string of the molecule is O=Cc1ccc(Br)cc1N1CC[C@H](Oc2ccc(C(F)(F)F)cn2)C1. The van der Waals surface area contributed by atoms with E-state index in [1.165, 1.54) is 6.07 Å². The van der Waals surface area contributed by atoms with E-state index >= 15 is 0 Å². The molecule has 1 aromatic heterocycles. The molecule has 1 aromatic carbocycles. The van der Waals surface area contributed by atoms with Crippen LogP contribution in [0.15, 0.2) is 41.0 Å². The van der Waals surface area contributed by atoms with Gasteiger partial charge in [0.2, 0.25) is 5.88 Å². The molecule has 25 heavy (non-hydrogen) atoms. The van der Waals surface area contributed by atoms with Crippen LogP contribution in [0.25, 0.3) is 0 Å². The van der Waals surface area contributed by atoms with E-state index in [1.807, 2.05) is 11.0 Å². The minimum absolute atomic E-state index is 0.157. The maximum Gasteiger partial charge on any atom is 0.417 e. The lowest BCUT2D eigenvalue weighted by Gasteiger charge is -2.21. The molecular weight excluding hydrogens is 401 g/mol. The molecule has 132 valence electrons. The molecule has 2 aromatic rings. The van der Waals surface area contributed by atoms with Gasteiger partial charge in [-0.1, -0.05) is 15.9 Å². The summed E-state index contributed by atoms with van der Waals surface area (Å²) in [7, 11) is 0. The molecule has 0 saturated carbocycles. The van der Waals surface area contributed by atoms with Gasteiger partial charge in [-0.3, -0.25) is 4.79 Å². The third-order valence-electron chi connectivity index (χ3n) is 3.96. The largest absolute Gasteiger partial charge is 0.472 e. The highest BCUT2D eigenvalue weighted by Gasteiger charge is 2.31. The summed E-state index contributed by atoms with van der Waals surface area (Å²) in [5, 5.41) is 0. The van der Waals surface area contributed by atoms with Crippen LogP contribution < -0.4 is 9.64 Å². The molecule has 1 atom stereocenters. The number of carbonyl (C=O) groups excluding carboxylic acids is 1. The van der Waals surface area contributed by atoms with Crippen molar-refractivity contribution in [3.8, 4) is 5.88 Å². The molecule has 0 bridgehead atoms. The van der Waals surface area contributed by atoms with Gasteiger partial charge in [-0.25, -0.2) is 4.98 Å². The number of rotatable bonds is 4. The first-order chi connectivity index (χ1) is 11.9. The Morgan fingerprint density at radius 2 is 2.08 bits per heavy atom. The Morgan fingerprint density at radius 3 is 2.72 bits per heavy atom. The third kappa shape index (κ3) is 4.12. The van der Waals surface area contributed by atoms with Crippen LogP contribution in [0, 0.1) is 0 Å². The van der Waals surface area contributed by atoms with Crippen molar-refractivity contribution >= 4 is 27.9 Å². The Hall–Kier alpha value is -2.09. The fourth-order valence-electron chi connectivity index (χ4n) is 2.72. The molecule has 1 fully saturated rings. The normalized spacial score (nSPS) is 17.6. The first-order valence-electron chi connectivity index (χ1n) is 7.56. The van der Waals surface area contributed by atoms with Crippen molar-refractivity contribution in [1.29, 1.82) is 0 Å². The van der Waals surface area contributed by atoms with Gasteiger partial charge in [0.1, 0.15) is 6.10 Å². The molecule has 1 saturated heterocycles. The average molecular weight is 415 g/mol. The van der Waals surface area contributed by atoms with Gasteiger partial charge in [0.05, 0.1) is 12.1 Å². The summed E-state index contributed by atoms with van der Waals surface area (Å²) in [5.74, 6) is 0.157. The first-order valence-corrected chi connectivity index (χ1v) is 8.35. The molecule has 0 radical (unpaired) electrons. The highest BCUT2D eigenvalue weighted by molar-refractivity contribution is 9.10. The minimum Gasteiger partial charge on any atom is -0.472 e. The molecule has 0 N–H and O–H groups in total. The second kappa shape index (κ2) is 7.03. The Balaban J connectivity index is 1.67.